The summed E-state index contributed by atoms with van der Waals surface area (Å²) in [5, 5.41) is 2.49. The number of anilines is 1. The summed E-state index contributed by atoms with van der Waals surface area (Å²) in [7, 11) is 0. The van der Waals surface area contributed by atoms with Crippen LogP contribution in [0.3, 0.4) is 0 Å². The monoisotopic (exact) mass is 319 g/mol. The highest BCUT2D eigenvalue weighted by Crippen LogP contribution is 2.26. The zero-order valence-corrected chi connectivity index (χ0v) is 12.9. The van der Waals surface area contributed by atoms with Gasteiger partial charge in [0.15, 0.2) is 6.29 Å². The number of nitrogens with one attached hydrogen (secondary N) is 1. The quantitative estimate of drug-likeness (QED) is 0.883. The molecule has 124 valence electrons. The van der Waals surface area contributed by atoms with Gasteiger partial charge in [0.2, 0.25) is 0 Å². The number of urea groups is 1. The third-order valence-corrected chi connectivity index (χ3v) is 4.15. The Labute approximate surface area is 134 Å². The average molecular weight is 319 g/mol. The Morgan fingerprint density at radius 2 is 2.00 bits per heavy atom. The maximum Gasteiger partial charge on any atom is 0.316 e. The summed E-state index contributed by atoms with van der Waals surface area (Å²) in [6.45, 7) is 1.82. The van der Waals surface area contributed by atoms with E-state index in [1.165, 1.54) is 0 Å². The lowest BCUT2D eigenvalue weighted by Gasteiger charge is -2.38. The third kappa shape index (κ3) is 3.62. The van der Waals surface area contributed by atoms with Crippen LogP contribution in [-0.2, 0) is 9.47 Å². The van der Waals surface area contributed by atoms with Crippen molar-refractivity contribution < 1.29 is 19.1 Å². The molecule has 7 nitrogen and oxygen atoms in total. The first kappa shape index (κ1) is 15.8. The molecule has 0 saturated carbocycles. The Balaban J connectivity index is 1.78. The molecule has 2 aliphatic heterocycles. The van der Waals surface area contributed by atoms with Crippen molar-refractivity contribution in [3.63, 3.8) is 0 Å². The molecule has 3 N–H and O–H groups in total. The molecule has 2 fully saturated rings. The number of ether oxygens (including phenoxy) is 2. The number of nitrogens with two attached hydrogens (primary N) is 1. The van der Waals surface area contributed by atoms with Gasteiger partial charge in [0.05, 0.1) is 19.3 Å². The van der Waals surface area contributed by atoms with Gasteiger partial charge in [-0.05, 0) is 37.5 Å². The Bertz CT molecular complexity index is 586. The number of likely N-dealkylation sites (tertiary alicyclic amines) is 1. The van der Waals surface area contributed by atoms with Gasteiger partial charge in [-0.15, -0.1) is 0 Å². The number of benzene rings is 1. The normalized spacial score (nSPS) is 22.1. The van der Waals surface area contributed by atoms with Gasteiger partial charge in [0.1, 0.15) is 0 Å². The minimum atomic E-state index is -0.654. The Kier molecular flexibility index (Phi) is 4.78. The van der Waals surface area contributed by atoms with Crippen molar-refractivity contribution in [1.29, 1.82) is 0 Å². The molecule has 23 heavy (non-hydrogen) atoms. The SMILES string of the molecule is NC(=O)Nc1cccc(C(=O)N2CCCCC2C2OCCO2)c1. The lowest BCUT2D eigenvalue weighted by Crippen LogP contribution is -2.50. The van der Waals surface area contributed by atoms with Crippen LogP contribution in [0.2, 0.25) is 0 Å². The molecule has 0 aliphatic carbocycles. The molecule has 2 aliphatic rings. The van der Waals surface area contributed by atoms with Crippen LogP contribution in [0.15, 0.2) is 24.3 Å². The van der Waals surface area contributed by atoms with Gasteiger partial charge in [0, 0.05) is 17.8 Å². The van der Waals surface area contributed by atoms with Crippen molar-refractivity contribution in [2.24, 2.45) is 5.73 Å². The fourth-order valence-electron chi connectivity index (χ4n) is 3.13. The smallest absolute Gasteiger partial charge is 0.316 e. The summed E-state index contributed by atoms with van der Waals surface area (Å²) < 4.78 is 11.2. The number of hydrogen-bond donors (Lipinski definition) is 2. The second-order valence-corrected chi connectivity index (χ2v) is 5.74. The van der Waals surface area contributed by atoms with E-state index in [1.54, 1.807) is 24.3 Å². The summed E-state index contributed by atoms with van der Waals surface area (Å²) in [4.78, 5) is 25.7. The van der Waals surface area contributed by atoms with Crippen molar-refractivity contribution in [2.45, 2.75) is 31.6 Å². The van der Waals surface area contributed by atoms with Crippen LogP contribution in [0.1, 0.15) is 29.6 Å². The number of amides is 3. The first-order valence-electron chi connectivity index (χ1n) is 7.86. The average Bonchev–Trinajstić information content (AvgIpc) is 3.08. The summed E-state index contributed by atoms with van der Waals surface area (Å²) in [5.41, 5.74) is 6.14. The van der Waals surface area contributed by atoms with Gasteiger partial charge < -0.3 is 25.4 Å². The molecule has 3 rings (SSSR count). The van der Waals surface area contributed by atoms with E-state index in [2.05, 4.69) is 5.32 Å². The first-order valence-corrected chi connectivity index (χ1v) is 7.86. The van der Waals surface area contributed by atoms with Crippen molar-refractivity contribution in [3.05, 3.63) is 29.8 Å². The molecule has 0 bridgehead atoms. The zero-order valence-electron chi connectivity index (χ0n) is 12.9. The summed E-state index contributed by atoms with van der Waals surface area (Å²) >= 11 is 0. The van der Waals surface area contributed by atoms with Gasteiger partial charge in [0.25, 0.3) is 5.91 Å². The highest BCUT2D eigenvalue weighted by Gasteiger charge is 2.36. The molecule has 1 atom stereocenters. The van der Waals surface area contributed by atoms with Crippen LogP contribution in [0, 0.1) is 0 Å². The minimum absolute atomic E-state index is 0.0634. The molecule has 0 aromatic heterocycles. The lowest BCUT2D eigenvalue weighted by atomic mass is 10.00. The minimum Gasteiger partial charge on any atom is -0.351 e. The van der Waals surface area contributed by atoms with Gasteiger partial charge >= 0.3 is 6.03 Å². The van der Waals surface area contributed by atoms with Crippen LogP contribution in [0.25, 0.3) is 0 Å². The fourth-order valence-corrected chi connectivity index (χ4v) is 3.13. The maximum absolute atomic E-state index is 12.9. The van der Waals surface area contributed by atoms with Crippen molar-refractivity contribution in [1.82, 2.24) is 4.90 Å². The highest BCUT2D eigenvalue weighted by atomic mass is 16.7. The molecule has 0 spiro atoms. The molecule has 1 aromatic carbocycles. The second-order valence-electron chi connectivity index (χ2n) is 5.74. The largest absolute Gasteiger partial charge is 0.351 e. The predicted octanol–water partition coefficient (Wildman–Crippen LogP) is 1.54. The number of piperidine rings is 1. The molecule has 1 aromatic rings. The number of rotatable bonds is 3. The third-order valence-electron chi connectivity index (χ3n) is 4.15. The van der Waals surface area contributed by atoms with Crippen LogP contribution >= 0.6 is 0 Å². The number of carbonyl (C=O) groups is 2. The van der Waals surface area contributed by atoms with E-state index < -0.39 is 6.03 Å². The molecule has 0 radical (unpaired) electrons. The molecule has 3 amide bonds. The Hall–Kier alpha value is -2.12. The predicted molar refractivity (Wildman–Crippen MR) is 84.0 cm³/mol. The number of primary amides is 1. The number of nitrogens with zero attached hydrogens (tertiary/aromatic N) is 1. The van der Waals surface area contributed by atoms with Crippen LogP contribution in [0.5, 0.6) is 0 Å². The van der Waals surface area contributed by atoms with Crippen LogP contribution in [-0.4, -0.2) is 48.9 Å². The summed E-state index contributed by atoms with van der Waals surface area (Å²) in [6.07, 6.45) is 2.55. The van der Waals surface area contributed by atoms with Gasteiger partial charge in [-0.3, -0.25) is 4.79 Å². The second kappa shape index (κ2) is 6.97. The van der Waals surface area contributed by atoms with Crippen molar-refractivity contribution in [3.8, 4) is 0 Å². The fraction of sp³-hybridized carbons (Fsp3) is 0.500. The van der Waals surface area contributed by atoms with Gasteiger partial charge in [-0.1, -0.05) is 6.07 Å². The summed E-state index contributed by atoms with van der Waals surface area (Å²) in [5.74, 6) is -0.0816. The van der Waals surface area contributed by atoms with E-state index in [9.17, 15) is 9.59 Å². The van der Waals surface area contributed by atoms with E-state index in [1.807, 2.05) is 4.90 Å². The molecular weight excluding hydrogens is 298 g/mol. The first-order chi connectivity index (χ1) is 11.1. The van der Waals surface area contributed by atoms with E-state index in [-0.39, 0.29) is 18.2 Å². The molecule has 1 unspecified atom stereocenters. The number of hydrogen-bond acceptors (Lipinski definition) is 4. The maximum atomic E-state index is 12.9. The van der Waals surface area contributed by atoms with E-state index in [4.69, 9.17) is 15.2 Å². The van der Waals surface area contributed by atoms with E-state index >= 15 is 0 Å². The standard InChI is InChI=1S/C16H21N3O4/c17-16(21)18-12-5-3-4-11(10-12)14(20)19-7-2-1-6-13(19)15-22-8-9-23-15/h3-5,10,13,15H,1-2,6-9H2,(H3,17,18,21). The van der Waals surface area contributed by atoms with Gasteiger partial charge in [-0.2, -0.15) is 0 Å². The van der Waals surface area contributed by atoms with E-state index in [0.29, 0.717) is 31.0 Å². The van der Waals surface area contributed by atoms with Crippen molar-refractivity contribution in [2.75, 3.05) is 25.1 Å². The van der Waals surface area contributed by atoms with Crippen LogP contribution < -0.4 is 11.1 Å². The highest BCUT2D eigenvalue weighted by molar-refractivity contribution is 5.97. The lowest BCUT2D eigenvalue weighted by molar-refractivity contribution is -0.100. The van der Waals surface area contributed by atoms with Crippen LogP contribution in [0.4, 0.5) is 10.5 Å². The zero-order chi connectivity index (χ0) is 16.2. The molecule has 7 heteroatoms. The molecule has 2 heterocycles. The molecule has 2 saturated heterocycles. The Morgan fingerprint density at radius 3 is 2.74 bits per heavy atom. The van der Waals surface area contributed by atoms with E-state index in [0.717, 1.165) is 19.3 Å². The number of carbonyl (C=O) groups excluding carboxylic acids is 2. The Morgan fingerprint density at radius 1 is 1.22 bits per heavy atom. The van der Waals surface area contributed by atoms with Gasteiger partial charge in [-0.25, -0.2) is 4.79 Å². The van der Waals surface area contributed by atoms with Crippen molar-refractivity contribution >= 4 is 17.6 Å². The topological polar surface area (TPSA) is 93.9 Å². The molecular formula is C16H21N3O4. The summed E-state index contributed by atoms with van der Waals surface area (Å²) in [6, 6.07) is 6.06.